The van der Waals surface area contributed by atoms with E-state index < -0.39 is 9.84 Å². The molecule has 0 aliphatic heterocycles. The van der Waals surface area contributed by atoms with Crippen LogP contribution in [-0.2, 0) is 14.6 Å². The van der Waals surface area contributed by atoms with E-state index in [2.05, 4.69) is 11.9 Å². The van der Waals surface area contributed by atoms with Crippen LogP contribution in [0.15, 0.2) is 29.3 Å². The van der Waals surface area contributed by atoms with Gasteiger partial charge in [0.05, 0.1) is 11.1 Å². The summed E-state index contributed by atoms with van der Waals surface area (Å²) in [5, 5.41) is 10.6. The standard InChI is InChI=1S/C10H8ClNO3S.C8H13AtO.C2H6/c1-16(14,15)6-2-3-7-8(4-6)10(11)12-5-9(7)13;1-6-4-2-3-5-7(6)8(9)10;1-2/h2-5,13H,1H3;6-7H,2-5H2,1H3;1-2H3. The second-order valence-corrected chi connectivity index (χ2v) is 10.4. The number of carbonyl (C=O) groups excluding carboxylic acids is 1. The van der Waals surface area contributed by atoms with Crippen molar-refractivity contribution in [1.29, 1.82) is 0 Å². The smallest absolute Gasteiger partial charge is 0.175 e. The van der Waals surface area contributed by atoms with Gasteiger partial charge in [-0.3, -0.25) is 0 Å². The topological polar surface area (TPSA) is 84.3 Å². The number of fused-ring (bicyclic) bond motifs is 1. The number of carbonyl (C=O) groups is 1. The van der Waals surface area contributed by atoms with E-state index >= 15 is 0 Å². The Morgan fingerprint density at radius 3 is 2.32 bits per heavy atom. The van der Waals surface area contributed by atoms with Gasteiger partial charge in [-0.05, 0) is 18.2 Å². The third-order valence-electron chi connectivity index (χ3n) is 4.62. The van der Waals surface area contributed by atoms with Crippen molar-refractivity contribution in [1.82, 2.24) is 4.98 Å². The van der Waals surface area contributed by atoms with Crippen molar-refractivity contribution >= 4 is 35.7 Å². The summed E-state index contributed by atoms with van der Waals surface area (Å²) >= 11 is 7.17. The number of halogens is 1. The molecule has 2 atom stereocenters. The van der Waals surface area contributed by atoms with Gasteiger partial charge >= 0.3 is 77.4 Å². The first-order valence-corrected chi connectivity index (χ1v) is 13.0. The van der Waals surface area contributed by atoms with Crippen LogP contribution in [-0.4, -0.2) is 28.3 Å². The Morgan fingerprint density at radius 2 is 1.82 bits per heavy atom. The maximum Gasteiger partial charge on any atom is 0.175 e. The summed E-state index contributed by atoms with van der Waals surface area (Å²) in [5.41, 5.74) is 0. The van der Waals surface area contributed by atoms with Crippen LogP contribution < -0.4 is 0 Å². The Kier molecular flexibility index (Phi) is 10.3. The van der Waals surface area contributed by atoms with Gasteiger partial charge < -0.3 is 5.11 Å². The average molecular weight is 623 g/mol. The number of hydrogen-bond acceptors (Lipinski definition) is 5. The number of nitrogens with zero attached hydrogens (tertiary/aromatic N) is 1. The van der Waals surface area contributed by atoms with Gasteiger partial charge in [0.25, 0.3) is 0 Å². The Labute approximate surface area is 187 Å². The van der Waals surface area contributed by atoms with E-state index in [4.69, 9.17) is 11.6 Å². The molecule has 0 bridgehead atoms. The zero-order valence-electron chi connectivity index (χ0n) is 16.6. The summed E-state index contributed by atoms with van der Waals surface area (Å²) in [4.78, 5) is 14.9. The number of hydrogen-bond donors (Lipinski definition) is 1. The van der Waals surface area contributed by atoms with E-state index in [0.29, 0.717) is 26.1 Å². The van der Waals surface area contributed by atoms with Crippen molar-refractivity contribution in [3.8, 4) is 5.75 Å². The molecule has 28 heavy (non-hydrogen) atoms. The minimum absolute atomic E-state index is 0.0283. The largest absolute Gasteiger partial charge is 0.506 e. The summed E-state index contributed by atoms with van der Waals surface area (Å²) in [6, 6.07) is 4.34. The first kappa shape index (κ1) is 25.3. The molecule has 0 radical (unpaired) electrons. The molecule has 1 saturated carbocycles. The monoisotopic (exact) mass is 622 g/mol. The molecule has 1 aliphatic rings. The summed E-state index contributed by atoms with van der Waals surface area (Å²) < 4.78 is 23.1. The predicted octanol–water partition coefficient (Wildman–Crippen LogP) is 4.91. The van der Waals surface area contributed by atoms with Crippen LogP contribution >= 0.6 is 11.6 Å². The number of aromatic nitrogens is 1. The molecule has 1 fully saturated rings. The van der Waals surface area contributed by atoms with E-state index in [1.54, 1.807) is 0 Å². The van der Waals surface area contributed by atoms with E-state index in [-0.39, 0.29) is 15.8 Å². The first-order chi connectivity index (χ1) is 13.1. The molecule has 0 saturated heterocycles. The Hall–Kier alpha value is -0.777. The second kappa shape index (κ2) is 11.4. The Balaban J connectivity index is 0.000000281. The van der Waals surface area contributed by atoms with E-state index in [1.807, 2.05) is 13.8 Å². The van der Waals surface area contributed by atoms with E-state index in [1.165, 1.54) is 68.4 Å². The molecule has 1 aromatic carbocycles. The van der Waals surface area contributed by atoms with Crippen LogP contribution in [0.5, 0.6) is 5.75 Å². The summed E-state index contributed by atoms with van der Waals surface area (Å²) in [5.74, 6) is 1.04. The van der Waals surface area contributed by atoms with Crippen LogP contribution in [0.1, 0.15) is 46.5 Å². The van der Waals surface area contributed by atoms with Crippen LogP contribution in [0.4, 0.5) is 0 Å². The summed E-state index contributed by atoms with van der Waals surface area (Å²) in [7, 11) is -3.29. The fraction of sp³-hybridized carbons (Fsp3) is 0.500. The number of sulfone groups is 1. The van der Waals surface area contributed by atoms with Crippen molar-refractivity contribution in [3.05, 3.63) is 29.5 Å². The third-order valence-corrected chi connectivity index (χ3v) is 7.12. The molecule has 0 amide bonds. The van der Waals surface area contributed by atoms with E-state index in [9.17, 15) is 18.3 Å². The molecule has 1 aromatic heterocycles. The molecule has 5 nitrogen and oxygen atoms in total. The quantitative estimate of drug-likeness (QED) is 0.482. The molecule has 2 aromatic rings. The average Bonchev–Trinajstić information content (AvgIpc) is 2.66. The Bertz CT molecular complexity index is 918. The van der Waals surface area contributed by atoms with Crippen molar-refractivity contribution < 1.29 is 43.0 Å². The number of benzene rings is 1. The summed E-state index contributed by atoms with van der Waals surface area (Å²) in [6.07, 6.45) is 7.35. The van der Waals surface area contributed by atoms with Gasteiger partial charge in [0.2, 0.25) is 0 Å². The SMILES string of the molecule is CC.CC1CCCCC1C(=O)[At].CS(=O)(=O)c1ccc2c(O)cnc(Cl)c2c1. The molecule has 8 heteroatoms. The predicted molar refractivity (Wildman–Crippen MR) is 109 cm³/mol. The van der Waals surface area contributed by atoms with Gasteiger partial charge in [-0.15, -0.1) is 0 Å². The minimum Gasteiger partial charge on any atom is -0.506 e. The molecular formula is C20H27AtClNO4S. The molecule has 1 N–H and O–H groups in total. The molecule has 156 valence electrons. The Morgan fingerprint density at radius 1 is 1.21 bits per heavy atom. The fourth-order valence-corrected chi connectivity index (χ4v) is 5.17. The summed E-state index contributed by atoms with van der Waals surface area (Å²) in [6.45, 7) is 6.21. The van der Waals surface area contributed by atoms with E-state index in [0.717, 1.165) is 12.7 Å². The van der Waals surface area contributed by atoms with Crippen LogP contribution in [0, 0.1) is 36.6 Å². The number of rotatable bonds is 2. The zero-order valence-corrected chi connectivity index (χ0v) is 21.1. The molecule has 3 rings (SSSR count). The maximum absolute atomic E-state index is 11.3. The minimum atomic E-state index is -3.29. The van der Waals surface area contributed by atoms with Gasteiger partial charge in [-0.25, -0.2) is 13.4 Å². The first-order valence-electron chi connectivity index (χ1n) is 9.28. The molecule has 1 heterocycles. The van der Waals surface area contributed by atoms with Crippen LogP contribution in [0.2, 0.25) is 5.15 Å². The fourth-order valence-electron chi connectivity index (χ4n) is 3.06. The van der Waals surface area contributed by atoms with Crippen molar-refractivity contribution in [3.63, 3.8) is 0 Å². The molecule has 0 spiro atoms. The third kappa shape index (κ3) is 6.93. The van der Waals surface area contributed by atoms with Crippen LogP contribution in [0.25, 0.3) is 10.8 Å². The normalized spacial score (nSPS) is 19.1. The second-order valence-electron chi connectivity index (χ2n) is 6.59. The number of pyridine rings is 1. The van der Waals surface area contributed by atoms with Gasteiger partial charge in [0.15, 0.2) is 9.84 Å². The maximum atomic E-state index is 11.3. The number of aromatic hydroxyl groups is 1. The van der Waals surface area contributed by atoms with Crippen molar-refractivity contribution in [2.75, 3.05) is 6.26 Å². The van der Waals surface area contributed by atoms with Crippen molar-refractivity contribution in [2.24, 2.45) is 11.8 Å². The van der Waals surface area contributed by atoms with Gasteiger partial charge in [-0.1, -0.05) is 25.4 Å². The molecule has 1 aliphatic carbocycles. The van der Waals surface area contributed by atoms with Crippen LogP contribution in [0.3, 0.4) is 0 Å². The van der Waals surface area contributed by atoms with Gasteiger partial charge in [0, 0.05) is 17.0 Å². The molecule has 2 unspecified atom stereocenters. The van der Waals surface area contributed by atoms with Gasteiger partial charge in [-0.2, -0.15) is 0 Å². The van der Waals surface area contributed by atoms with Crippen molar-refractivity contribution in [2.45, 2.75) is 51.3 Å². The van der Waals surface area contributed by atoms with Gasteiger partial charge in [0.1, 0.15) is 10.9 Å². The zero-order chi connectivity index (χ0) is 21.5. The molecular weight excluding hydrogens is 596 g/mol.